The molecular weight excluding hydrogens is 367 g/mol. The first-order valence-corrected chi connectivity index (χ1v) is 8.42. The van der Waals surface area contributed by atoms with Crippen LogP contribution < -0.4 is 5.32 Å². The van der Waals surface area contributed by atoms with Crippen molar-refractivity contribution in [3.8, 4) is 6.07 Å². The van der Waals surface area contributed by atoms with Crippen LogP contribution >= 0.6 is 34.8 Å². The molecule has 2 atom stereocenters. The topological polar surface area (TPSA) is 52.9 Å². The minimum absolute atomic E-state index is 0.307. The summed E-state index contributed by atoms with van der Waals surface area (Å²) in [5.41, 5.74) is 2.86. The number of benzene rings is 2. The number of hydrogen-bond acceptors (Lipinski definition) is 2. The van der Waals surface area contributed by atoms with Crippen LogP contribution in [-0.2, 0) is 4.79 Å². The van der Waals surface area contributed by atoms with Crippen LogP contribution in [0.4, 0.5) is 5.69 Å². The van der Waals surface area contributed by atoms with E-state index in [1.165, 1.54) is 0 Å². The molecule has 2 rings (SSSR count). The second-order valence-corrected chi connectivity index (χ2v) is 6.91. The van der Waals surface area contributed by atoms with Crippen LogP contribution in [-0.4, -0.2) is 11.3 Å². The van der Waals surface area contributed by atoms with Gasteiger partial charge in [-0.2, -0.15) is 5.26 Å². The maximum absolute atomic E-state index is 11.8. The summed E-state index contributed by atoms with van der Waals surface area (Å²) in [6.45, 7) is 3.43. The van der Waals surface area contributed by atoms with Gasteiger partial charge in [0.25, 0.3) is 0 Å². The lowest BCUT2D eigenvalue weighted by molar-refractivity contribution is -0.115. The Bertz CT molecular complexity index is 795. The molecule has 2 aromatic carbocycles. The Kier molecular flexibility index (Phi) is 6.12. The number of halogens is 3. The molecule has 1 amide bonds. The summed E-state index contributed by atoms with van der Waals surface area (Å²) in [5, 5.41) is 12.7. The molecule has 0 heterocycles. The predicted molar refractivity (Wildman–Crippen MR) is 99.0 cm³/mol. The van der Waals surface area contributed by atoms with Gasteiger partial charge < -0.3 is 5.32 Å². The molecule has 0 spiro atoms. The standard InChI is InChI=1S/C18H15Cl3N2O/c1-10-7-14(15(9-22)12-3-5-13(20)6-4-12)16(21)8-17(10)23-18(24)11(2)19/h3-8,11,15H,1-2H3,(H,23,24)/t11-,15-/m1/s1. The monoisotopic (exact) mass is 380 g/mol. The summed E-state index contributed by atoms with van der Waals surface area (Å²) in [5.74, 6) is -0.830. The van der Waals surface area contributed by atoms with E-state index in [0.717, 1.165) is 11.1 Å². The van der Waals surface area contributed by atoms with Crippen molar-refractivity contribution >= 4 is 46.4 Å². The minimum atomic E-state index is -0.649. The minimum Gasteiger partial charge on any atom is -0.325 e. The van der Waals surface area contributed by atoms with E-state index in [-0.39, 0.29) is 5.91 Å². The molecular formula is C18H15Cl3N2O. The Morgan fingerprint density at radius 3 is 2.38 bits per heavy atom. The molecule has 124 valence electrons. The van der Waals surface area contributed by atoms with Crippen molar-refractivity contribution in [2.75, 3.05) is 5.32 Å². The largest absolute Gasteiger partial charge is 0.325 e. The predicted octanol–water partition coefficient (Wildman–Crippen LogP) is 5.52. The van der Waals surface area contributed by atoms with Crippen LogP contribution in [0.15, 0.2) is 36.4 Å². The molecule has 0 unspecified atom stereocenters. The van der Waals surface area contributed by atoms with Crippen LogP contribution in [0.1, 0.15) is 29.5 Å². The van der Waals surface area contributed by atoms with Gasteiger partial charge in [-0.25, -0.2) is 0 Å². The normalized spacial score (nSPS) is 13.0. The Balaban J connectivity index is 2.40. The highest BCUT2D eigenvalue weighted by Gasteiger charge is 2.19. The van der Waals surface area contributed by atoms with Crippen LogP contribution in [0.5, 0.6) is 0 Å². The Morgan fingerprint density at radius 1 is 1.21 bits per heavy atom. The zero-order valence-corrected chi connectivity index (χ0v) is 15.4. The number of carbonyl (C=O) groups excluding carboxylic acids is 1. The van der Waals surface area contributed by atoms with Crippen molar-refractivity contribution in [3.05, 3.63) is 63.1 Å². The van der Waals surface area contributed by atoms with Gasteiger partial charge in [-0.05, 0) is 48.7 Å². The number of hydrogen-bond donors (Lipinski definition) is 1. The molecule has 0 aliphatic rings. The third kappa shape index (κ3) is 4.21. The third-order valence-corrected chi connectivity index (χ3v) is 4.38. The van der Waals surface area contributed by atoms with Crippen molar-refractivity contribution < 1.29 is 4.79 Å². The molecule has 24 heavy (non-hydrogen) atoms. The van der Waals surface area contributed by atoms with Crippen LogP contribution in [0, 0.1) is 18.3 Å². The summed E-state index contributed by atoms with van der Waals surface area (Å²) in [6.07, 6.45) is 0. The lowest BCUT2D eigenvalue weighted by Crippen LogP contribution is -2.21. The van der Waals surface area contributed by atoms with Gasteiger partial charge in [0, 0.05) is 15.7 Å². The van der Waals surface area contributed by atoms with Gasteiger partial charge >= 0.3 is 0 Å². The van der Waals surface area contributed by atoms with Crippen LogP contribution in [0.2, 0.25) is 10.0 Å². The fourth-order valence-corrected chi connectivity index (χ4v) is 2.72. The van der Waals surface area contributed by atoms with E-state index >= 15 is 0 Å². The molecule has 2 aromatic rings. The Hall–Kier alpha value is -1.73. The quantitative estimate of drug-likeness (QED) is 0.709. The molecule has 0 aliphatic carbocycles. The molecule has 0 fully saturated rings. The first-order chi connectivity index (χ1) is 11.3. The van der Waals surface area contributed by atoms with Gasteiger partial charge in [0.15, 0.2) is 0 Å². The molecule has 0 aromatic heterocycles. The van der Waals surface area contributed by atoms with Gasteiger partial charge in [-0.3, -0.25) is 4.79 Å². The third-order valence-electron chi connectivity index (χ3n) is 3.61. The average Bonchev–Trinajstić information content (AvgIpc) is 2.54. The number of amides is 1. The first-order valence-electron chi connectivity index (χ1n) is 7.23. The van der Waals surface area contributed by atoms with E-state index in [1.54, 1.807) is 43.3 Å². The number of anilines is 1. The number of nitrogens with zero attached hydrogens (tertiary/aromatic N) is 1. The van der Waals surface area contributed by atoms with Gasteiger partial charge in [-0.1, -0.05) is 41.4 Å². The van der Waals surface area contributed by atoms with Gasteiger partial charge in [0.1, 0.15) is 5.38 Å². The molecule has 3 nitrogen and oxygen atoms in total. The van der Waals surface area contributed by atoms with Crippen molar-refractivity contribution in [2.45, 2.75) is 25.1 Å². The number of rotatable bonds is 4. The second kappa shape index (κ2) is 7.90. The number of aryl methyl sites for hydroxylation is 1. The van der Waals surface area contributed by atoms with E-state index in [0.29, 0.717) is 21.3 Å². The Labute approximate surface area is 156 Å². The lowest BCUT2D eigenvalue weighted by Gasteiger charge is -2.16. The summed E-state index contributed by atoms with van der Waals surface area (Å²) in [6, 6.07) is 12.8. The molecule has 1 N–H and O–H groups in total. The van der Waals surface area contributed by atoms with Gasteiger partial charge in [0.2, 0.25) is 5.91 Å². The summed E-state index contributed by atoms with van der Waals surface area (Å²) in [4.78, 5) is 11.8. The molecule has 0 bridgehead atoms. The zero-order chi connectivity index (χ0) is 17.9. The maximum Gasteiger partial charge on any atom is 0.242 e. The molecule has 0 saturated heterocycles. The number of alkyl halides is 1. The number of nitriles is 1. The highest BCUT2D eigenvalue weighted by Crippen LogP contribution is 2.34. The van der Waals surface area contributed by atoms with E-state index in [2.05, 4.69) is 11.4 Å². The average molecular weight is 382 g/mol. The van der Waals surface area contributed by atoms with Crippen LogP contribution in [0.3, 0.4) is 0 Å². The summed E-state index contributed by atoms with van der Waals surface area (Å²) >= 11 is 18.0. The van der Waals surface area contributed by atoms with Crippen molar-refractivity contribution in [2.24, 2.45) is 0 Å². The summed E-state index contributed by atoms with van der Waals surface area (Å²) < 4.78 is 0. The summed E-state index contributed by atoms with van der Waals surface area (Å²) in [7, 11) is 0. The molecule has 0 radical (unpaired) electrons. The fraction of sp³-hybridized carbons (Fsp3) is 0.222. The van der Waals surface area contributed by atoms with Crippen molar-refractivity contribution in [3.63, 3.8) is 0 Å². The molecule has 6 heteroatoms. The highest BCUT2D eigenvalue weighted by atomic mass is 35.5. The number of carbonyl (C=O) groups is 1. The van der Waals surface area contributed by atoms with E-state index in [1.807, 2.05) is 6.92 Å². The molecule has 0 saturated carbocycles. The van der Waals surface area contributed by atoms with Gasteiger partial charge in [-0.15, -0.1) is 11.6 Å². The second-order valence-electron chi connectivity index (χ2n) is 5.41. The first kappa shape index (κ1) is 18.6. The van der Waals surface area contributed by atoms with Crippen molar-refractivity contribution in [1.29, 1.82) is 5.26 Å². The van der Waals surface area contributed by atoms with E-state index < -0.39 is 11.3 Å². The van der Waals surface area contributed by atoms with Crippen molar-refractivity contribution in [1.82, 2.24) is 0 Å². The smallest absolute Gasteiger partial charge is 0.242 e. The zero-order valence-electron chi connectivity index (χ0n) is 13.1. The molecule has 0 aliphatic heterocycles. The SMILES string of the molecule is Cc1cc([C@H](C#N)c2ccc(Cl)cc2)c(Cl)cc1NC(=O)[C@@H](C)Cl. The lowest BCUT2D eigenvalue weighted by atomic mass is 9.91. The van der Waals surface area contributed by atoms with Crippen LogP contribution in [0.25, 0.3) is 0 Å². The fourth-order valence-electron chi connectivity index (χ4n) is 2.27. The number of nitrogens with one attached hydrogen (secondary N) is 1. The van der Waals surface area contributed by atoms with E-state index in [9.17, 15) is 10.1 Å². The maximum atomic E-state index is 11.8. The Morgan fingerprint density at radius 2 is 1.83 bits per heavy atom. The van der Waals surface area contributed by atoms with Gasteiger partial charge in [0.05, 0.1) is 12.0 Å². The van der Waals surface area contributed by atoms with E-state index in [4.69, 9.17) is 34.8 Å². The highest BCUT2D eigenvalue weighted by molar-refractivity contribution is 6.33.